The third-order valence-corrected chi connectivity index (χ3v) is 5.31. The lowest BCUT2D eigenvalue weighted by Crippen LogP contribution is -2.46. The number of carbonyl (C=O) groups is 2. The van der Waals surface area contributed by atoms with Crippen LogP contribution in [-0.2, 0) is 20.7 Å². The number of hydrogen-bond donors (Lipinski definition) is 2. The Morgan fingerprint density at radius 2 is 1.84 bits per heavy atom. The lowest BCUT2D eigenvalue weighted by molar-refractivity contribution is -0.143. The molecule has 7 heteroatoms. The van der Waals surface area contributed by atoms with E-state index in [1.54, 1.807) is 13.8 Å². The first-order valence-electron chi connectivity index (χ1n) is 11.1. The van der Waals surface area contributed by atoms with Crippen molar-refractivity contribution in [1.82, 2.24) is 10.6 Å². The molecule has 2 rings (SSSR count). The number of halogens is 2. The molecule has 172 valence electrons. The van der Waals surface area contributed by atoms with Gasteiger partial charge in [0, 0.05) is 24.6 Å². The summed E-state index contributed by atoms with van der Waals surface area (Å²) in [5.74, 6) is -2.35. The Morgan fingerprint density at radius 1 is 1.13 bits per heavy atom. The van der Waals surface area contributed by atoms with Gasteiger partial charge >= 0.3 is 5.97 Å². The monoisotopic (exact) mass is 436 g/mol. The molecule has 5 nitrogen and oxygen atoms in total. The van der Waals surface area contributed by atoms with Gasteiger partial charge in [0.25, 0.3) is 0 Å². The van der Waals surface area contributed by atoms with Crippen LogP contribution in [0.15, 0.2) is 29.5 Å². The molecule has 2 unspecified atom stereocenters. The first-order chi connectivity index (χ1) is 14.7. The average Bonchev–Trinajstić information content (AvgIpc) is 3.54. The van der Waals surface area contributed by atoms with Crippen LogP contribution < -0.4 is 10.6 Å². The van der Waals surface area contributed by atoms with Crippen molar-refractivity contribution in [1.29, 1.82) is 0 Å². The normalized spacial score (nSPS) is 14.7. The molecule has 0 saturated heterocycles. The maximum atomic E-state index is 13.5. The van der Waals surface area contributed by atoms with Gasteiger partial charge in [-0.25, -0.2) is 8.78 Å². The smallest absolute Gasteiger partial charge is 0.305 e. The summed E-state index contributed by atoms with van der Waals surface area (Å²) in [6.45, 7) is 8.68. The number of allylic oxidation sites excluding steroid dienone is 1. The number of hydrogen-bond acceptors (Lipinski definition) is 4. The molecule has 1 aliphatic carbocycles. The zero-order chi connectivity index (χ0) is 23.0. The summed E-state index contributed by atoms with van der Waals surface area (Å²) in [4.78, 5) is 24.4. The van der Waals surface area contributed by atoms with E-state index in [-0.39, 0.29) is 29.8 Å². The molecule has 0 aromatic heterocycles. The fourth-order valence-electron chi connectivity index (χ4n) is 3.46. The third-order valence-electron chi connectivity index (χ3n) is 5.31. The van der Waals surface area contributed by atoms with Crippen LogP contribution in [0.4, 0.5) is 8.78 Å². The van der Waals surface area contributed by atoms with Gasteiger partial charge in [-0.05, 0) is 61.8 Å². The lowest BCUT2D eigenvalue weighted by Gasteiger charge is -2.28. The van der Waals surface area contributed by atoms with E-state index in [4.69, 9.17) is 4.74 Å². The molecule has 1 amide bonds. The Hall–Kier alpha value is -2.44. The molecule has 1 fully saturated rings. The molecular weight excluding hydrogens is 402 g/mol. The molecule has 1 aliphatic rings. The molecule has 0 bridgehead atoms. The van der Waals surface area contributed by atoms with E-state index < -0.39 is 11.6 Å². The van der Waals surface area contributed by atoms with Crippen LogP contribution in [0.1, 0.15) is 58.9 Å². The van der Waals surface area contributed by atoms with E-state index in [1.807, 2.05) is 13.8 Å². The molecular formula is C24H34F2N2O3. The summed E-state index contributed by atoms with van der Waals surface area (Å²) in [5.41, 5.74) is 2.91. The number of carbonyl (C=O) groups excluding carboxylic acids is 2. The van der Waals surface area contributed by atoms with Gasteiger partial charge in [0.2, 0.25) is 5.91 Å². The second-order valence-corrected chi connectivity index (χ2v) is 8.44. The largest absolute Gasteiger partial charge is 0.466 e. The van der Waals surface area contributed by atoms with Gasteiger partial charge in [-0.15, -0.1) is 0 Å². The van der Waals surface area contributed by atoms with Crippen LogP contribution in [0.3, 0.4) is 0 Å². The minimum atomic E-state index is -0.905. The highest BCUT2D eigenvalue weighted by Gasteiger charge is 2.29. The van der Waals surface area contributed by atoms with Gasteiger partial charge < -0.3 is 15.4 Å². The Balaban J connectivity index is 1.96. The number of benzene rings is 1. The van der Waals surface area contributed by atoms with Crippen molar-refractivity contribution in [2.45, 2.75) is 65.8 Å². The minimum Gasteiger partial charge on any atom is -0.466 e. The van der Waals surface area contributed by atoms with E-state index >= 15 is 0 Å². The SMILES string of the molecule is CCOC(=O)CCCNC(=C1CC1)C(NC(=O)C(C)Cc1ccc(F)c(F)c1)C(C)C. The molecule has 2 N–H and O–H groups in total. The minimum absolute atomic E-state index is 0.129. The average molecular weight is 437 g/mol. The molecule has 1 aromatic rings. The van der Waals surface area contributed by atoms with Crippen molar-refractivity contribution in [2.75, 3.05) is 13.2 Å². The molecule has 1 aromatic carbocycles. The van der Waals surface area contributed by atoms with Crippen LogP contribution in [0, 0.1) is 23.5 Å². The molecule has 2 atom stereocenters. The van der Waals surface area contributed by atoms with Gasteiger partial charge in [0.15, 0.2) is 11.6 Å². The highest BCUT2D eigenvalue weighted by molar-refractivity contribution is 5.79. The van der Waals surface area contributed by atoms with Crippen molar-refractivity contribution in [3.63, 3.8) is 0 Å². The zero-order valence-corrected chi connectivity index (χ0v) is 18.9. The molecule has 0 spiro atoms. The van der Waals surface area contributed by atoms with Crippen molar-refractivity contribution in [2.24, 2.45) is 11.8 Å². The number of esters is 1. The Morgan fingerprint density at radius 3 is 2.42 bits per heavy atom. The predicted octanol–water partition coefficient (Wildman–Crippen LogP) is 4.27. The fraction of sp³-hybridized carbons (Fsp3) is 0.583. The Kier molecular flexibility index (Phi) is 9.46. The molecule has 0 radical (unpaired) electrons. The van der Waals surface area contributed by atoms with Gasteiger partial charge in [0.1, 0.15) is 0 Å². The molecule has 31 heavy (non-hydrogen) atoms. The van der Waals surface area contributed by atoms with Crippen LogP contribution in [0.2, 0.25) is 0 Å². The van der Waals surface area contributed by atoms with Crippen molar-refractivity contribution in [3.05, 3.63) is 46.7 Å². The van der Waals surface area contributed by atoms with Crippen LogP contribution in [0.25, 0.3) is 0 Å². The van der Waals surface area contributed by atoms with Gasteiger partial charge in [0.05, 0.1) is 12.6 Å². The molecule has 0 aliphatic heterocycles. The van der Waals surface area contributed by atoms with Crippen LogP contribution in [0.5, 0.6) is 0 Å². The summed E-state index contributed by atoms with van der Waals surface area (Å²) < 4.78 is 31.6. The lowest BCUT2D eigenvalue weighted by atomic mass is 9.96. The van der Waals surface area contributed by atoms with E-state index in [0.29, 0.717) is 38.0 Å². The predicted molar refractivity (Wildman–Crippen MR) is 116 cm³/mol. The van der Waals surface area contributed by atoms with E-state index in [2.05, 4.69) is 10.6 Å². The quantitative estimate of drug-likeness (QED) is 0.379. The fourth-order valence-corrected chi connectivity index (χ4v) is 3.46. The van der Waals surface area contributed by atoms with E-state index in [1.165, 1.54) is 11.6 Å². The van der Waals surface area contributed by atoms with Crippen LogP contribution >= 0.6 is 0 Å². The maximum absolute atomic E-state index is 13.5. The van der Waals surface area contributed by atoms with Gasteiger partial charge in [-0.3, -0.25) is 9.59 Å². The number of nitrogens with one attached hydrogen (secondary N) is 2. The highest BCUT2D eigenvalue weighted by atomic mass is 19.2. The zero-order valence-electron chi connectivity index (χ0n) is 18.9. The second-order valence-electron chi connectivity index (χ2n) is 8.44. The Labute approximate surface area is 183 Å². The second kappa shape index (κ2) is 11.8. The Bertz CT molecular complexity index is 802. The summed E-state index contributed by atoms with van der Waals surface area (Å²) in [6.07, 6.45) is 3.34. The number of ether oxygens (including phenoxy) is 1. The van der Waals surface area contributed by atoms with Crippen molar-refractivity contribution >= 4 is 11.9 Å². The number of amides is 1. The summed E-state index contributed by atoms with van der Waals surface area (Å²) in [6, 6.07) is 3.56. The maximum Gasteiger partial charge on any atom is 0.305 e. The molecule has 0 heterocycles. The summed E-state index contributed by atoms with van der Waals surface area (Å²) >= 11 is 0. The summed E-state index contributed by atoms with van der Waals surface area (Å²) in [5, 5.41) is 6.57. The number of rotatable bonds is 12. The molecule has 1 saturated carbocycles. The summed E-state index contributed by atoms with van der Waals surface area (Å²) in [7, 11) is 0. The van der Waals surface area contributed by atoms with Crippen LogP contribution in [-0.4, -0.2) is 31.1 Å². The first-order valence-corrected chi connectivity index (χ1v) is 11.1. The van der Waals surface area contributed by atoms with E-state index in [9.17, 15) is 18.4 Å². The van der Waals surface area contributed by atoms with Crippen molar-refractivity contribution < 1.29 is 23.1 Å². The van der Waals surface area contributed by atoms with Gasteiger partial charge in [-0.2, -0.15) is 0 Å². The topological polar surface area (TPSA) is 67.4 Å². The standard InChI is InChI=1S/C24H34F2N2O3/c1-5-31-21(29)7-6-12-27-23(18-9-10-18)22(15(2)3)28-24(30)16(4)13-17-8-11-19(25)20(26)14-17/h8,11,14-16,22,27H,5-7,9-10,12-13H2,1-4H3,(H,28,30). The highest BCUT2D eigenvalue weighted by Crippen LogP contribution is 2.33. The van der Waals surface area contributed by atoms with E-state index in [0.717, 1.165) is 30.7 Å². The van der Waals surface area contributed by atoms with Crippen molar-refractivity contribution in [3.8, 4) is 0 Å². The third kappa shape index (κ3) is 7.96. The van der Waals surface area contributed by atoms with Gasteiger partial charge in [-0.1, -0.05) is 26.8 Å². The first kappa shape index (κ1) is 24.8.